The van der Waals surface area contributed by atoms with Gasteiger partial charge in [0.1, 0.15) is 18.5 Å². The van der Waals surface area contributed by atoms with Crippen LogP contribution in [-0.2, 0) is 35.8 Å². The van der Waals surface area contributed by atoms with Crippen molar-refractivity contribution in [3.8, 4) is 17.6 Å². The minimum absolute atomic E-state index is 0.0887. The maximum Gasteiger partial charge on any atom is 0.334 e. The molecule has 1 heterocycles. The molecule has 1 aliphatic heterocycles. The first kappa shape index (κ1) is 34.2. The van der Waals surface area contributed by atoms with Gasteiger partial charge < -0.3 is 18.9 Å². The molecule has 0 aromatic heterocycles. The van der Waals surface area contributed by atoms with Crippen molar-refractivity contribution in [2.45, 2.75) is 72.0 Å². The Balaban J connectivity index is 0.000000502. The summed E-state index contributed by atoms with van der Waals surface area (Å²) in [5.41, 5.74) is 6.14. The Morgan fingerprint density at radius 3 is 2.07 bits per heavy atom. The van der Waals surface area contributed by atoms with Crippen molar-refractivity contribution in [1.82, 2.24) is 0 Å². The first-order valence-corrected chi connectivity index (χ1v) is 15.0. The number of cyclic esters (lactones) is 1. The van der Waals surface area contributed by atoms with E-state index < -0.39 is 6.10 Å². The van der Waals surface area contributed by atoms with E-state index in [9.17, 15) is 9.59 Å². The first-order chi connectivity index (χ1) is 21.0. The van der Waals surface area contributed by atoms with Gasteiger partial charge >= 0.3 is 11.9 Å². The lowest BCUT2D eigenvalue weighted by Crippen LogP contribution is -2.18. The molecule has 1 fully saturated rings. The number of carbonyl (C=O) groups is 2. The van der Waals surface area contributed by atoms with Gasteiger partial charge in [0.25, 0.3) is 0 Å². The fourth-order valence-corrected chi connectivity index (χ4v) is 4.31. The quantitative estimate of drug-likeness (QED) is 0.110. The fourth-order valence-electron chi connectivity index (χ4n) is 4.31. The van der Waals surface area contributed by atoms with Crippen LogP contribution in [0.25, 0.3) is 0 Å². The van der Waals surface area contributed by atoms with Crippen molar-refractivity contribution in [2.24, 2.45) is 0 Å². The van der Waals surface area contributed by atoms with Crippen molar-refractivity contribution >= 4 is 11.9 Å². The minimum Gasteiger partial charge on any atom is -0.494 e. The summed E-state index contributed by atoms with van der Waals surface area (Å²) in [6.07, 6.45) is 0.876. The highest BCUT2D eigenvalue weighted by Gasteiger charge is 2.30. The van der Waals surface area contributed by atoms with Gasteiger partial charge in [-0.3, -0.25) is 4.79 Å². The molecule has 3 aromatic rings. The third kappa shape index (κ3) is 11.7. The summed E-state index contributed by atoms with van der Waals surface area (Å²) in [5, 5.41) is 0. The van der Waals surface area contributed by atoms with E-state index in [1.807, 2.05) is 68.4 Å². The van der Waals surface area contributed by atoms with Crippen LogP contribution in [-0.4, -0.2) is 38.4 Å². The van der Waals surface area contributed by atoms with Crippen molar-refractivity contribution in [1.29, 1.82) is 0 Å². The van der Waals surface area contributed by atoms with E-state index in [2.05, 4.69) is 56.9 Å². The van der Waals surface area contributed by atoms with Crippen LogP contribution in [0.1, 0.15) is 76.1 Å². The number of hydrogen-bond acceptors (Lipinski definition) is 6. The van der Waals surface area contributed by atoms with Crippen LogP contribution in [0.4, 0.5) is 0 Å². The van der Waals surface area contributed by atoms with Gasteiger partial charge in [0, 0.05) is 36.7 Å². The summed E-state index contributed by atoms with van der Waals surface area (Å²) in [6, 6.07) is 26.1. The number of esters is 2. The van der Waals surface area contributed by atoms with Gasteiger partial charge in [0.05, 0.1) is 13.2 Å². The Morgan fingerprint density at radius 1 is 0.909 bits per heavy atom. The molecule has 1 aliphatic rings. The second-order valence-electron chi connectivity index (χ2n) is 11.9. The minimum atomic E-state index is -0.392. The molecule has 1 unspecified atom stereocenters. The average Bonchev–Trinajstić information content (AvgIpc) is 3.39. The molecular formula is C38H44O6. The fraction of sp³-hybridized carbons (Fsp3) is 0.368. The van der Waals surface area contributed by atoms with E-state index in [-0.39, 0.29) is 30.4 Å². The number of rotatable bonds is 9. The molecule has 232 valence electrons. The SMILES string of the molecule is CC(C)=C1CC(COC(=O)CCCOc2ccc(C#Cc3ccc(C(C)(C)C)cc3)cc2)OC1=O.COCc1ccccc1. The summed E-state index contributed by atoms with van der Waals surface area (Å²) in [4.78, 5) is 23.7. The Kier molecular flexibility index (Phi) is 13.3. The predicted molar refractivity (Wildman–Crippen MR) is 173 cm³/mol. The summed E-state index contributed by atoms with van der Waals surface area (Å²) >= 11 is 0. The number of carbonyl (C=O) groups excluding carboxylic acids is 2. The van der Waals surface area contributed by atoms with Crippen LogP contribution in [0, 0.1) is 11.8 Å². The van der Waals surface area contributed by atoms with Gasteiger partial charge in [-0.2, -0.15) is 0 Å². The Hall–Kier alpha value is -4.34. The van der Waals surface area contributed by atoms with Crippen molar-refractivity contribution in [3.05, 3.63) is 112 Å². The summed E-state index contributed by atoms with van der Waals surface area (Å²) < 4.78 is 21.1. The second-order valence-corrected chi connectivity index (χ2v) is 11.9. The molecule has 0 amide bonds. The molecule has 0 N–H and O–H groups in total. The van der Waals surface area contributed by atoms with Gasteiger partial charge in [0.15, 0.2) is 0 Å². The number of hydrogen-bond donors (Lipinski definition) is 0. The van der Waals surface area contributed by atoms with E-state index >= 15 is 0 Å². The topological polar surface area (TPSA) is 71.1 Å². The molecule has 0 radical (unpaired) electrons. The predicted octanol–water partition coefficient (Wildman–Crippen LogP) is 7.57. The standard InChI is InChI=1S/C30H34O5.C8H10O/c1-21(2)27-19-26(35-29(27)32)20-34-28(31)7-6-18-33-25-16-12-23(13-17-25)9-8-22-10-14-24(15-11-22)30(3,4)5;1-9-7-8-5-3-2-4-6-8/h10-17,26H,6-7,18-20H2,1-5H3;2-6H,7H2,1H3. The lowest BCUT2D eigenvalue weighted by molar-refractivity contribution is -0.152. The zero-order valence-electron chi connectivity index (χ0n) is 26.8. The van der Waals surface area contributed by atoms with E-state index in [0.717, 1.165) is 22.4 Å². The molecule has 0 bridgehead atoms. The number of allylic oxidation sites excluding steroid dienone is 1. The third-order valence-corrected chi connectivity index (χ3v) is 6.89. The van der Waals surface area contributed by atoms with Crippen LogP contribution in [0.15, 0.2) is 90.0 Å². The second kappa shape index (κ2) is 17.1. The molecule has 4 rings (SSSR count). The zero-order chi connectivity index (χ0) is 32.0. The van der Waals surface area contributed by atoms with Crippen LogP contribution < -0.4 is 4.74 Å². The van der Waals surface area contributed by atoms with Crippen LogP contribution in [0.3, 0.4) is 0 Å². The van der Waals surface area contributed by atoms with Gasteiger partial charge in [-0.1, -0.05) is 80.6 Å². The molecular weight excluding hydrogens is 552 g/mol. The van der Waals surface area contributed by atoms with Crippen molar-refractivity contribution < 1.29 is 28.5 Å². The Bertz CT molecular complexity index is 1430. The van der Waals surface area contributed by atoms with Gasteiger partial charge in [-0.15, -0.1) is 0 Å². The number of ether oxygens (including phenoxy) is 4. The third-order valence-electron chi connectivity index (χ3n) is 6.89. The van der Waals surface area contributed by atoms with Crippen molar-refractivity contribution in [2.75, 3.05) is 20.3 Å². The maximum atomic E-state index is 12.0. The average molecular weight is 597 g/mol. The van der Waals surface area contributed by atoms with E-state index in [1.165, 1.54) is 11.1 Å². The molecule has 6 heteroatoms. The van der Waals surface area contributed by atoms with E-state index in [4.69, 9.17) is 18.9 Å². The monoisotopic (exact) mass is 596 g/mol. The molecule has 44 heavy (non-hydrogen) atoms. The highest BCUT2D eigenvalue weighted by Crippen LogP contribution is 2.24. The molecule has 1 atom stereocenters. The van der Waals surface area contributed by atoms with Gasteiger partial charge in [-0.05, 0) is 73.2 Å². The Morgan fingerprint density at radius 2 is 1.52 bits per heavy atom. The summed E-state index contributed by atoms with van der Waals surface area (Å²) in [5.74, 6) is 6.46. The van der Waals surface area contributed by atoms with Gasteiger partial charge in [-0.25, -0.2) is 4.79 Å². The van der Waals surface area contributed by atoms with Crippen LogP contribution in [0.5, 0.6) is 5.75 Å². The molecule has 0 saturated carbocycles. The Labute approximate surface area is 262 Å². The normalized spacial score (nSPS) is 14.0. The van der Waals surface area contributed by atoms with Crippen LogP contribution >= 0.6 is 0 Å². The highest BCUT2D eigenvalue weighted by atomic mass is 16.6. The van der Waals surface area contributed by atoms with Crippen molar-refractivity contribution in [3.63, 3.8) is 0 Å². The smallest absolute Gasteiger partial charge is 0.334 e. The first-order valence-electron chi connectivity index (χ1n) is 15.0. The molecule has 1 saturated heterocycles. The molecule has 0 aliphatic carbocycles. The zero-order valence-corrected chi connectivity index (χ0v) is 26.8. The van der Waals surface area contributed by atoms with E-state index in [0.29, 0.717) is 31.6 Å². The largest absolute Gasteiger partial charge is 0.494 e. The lowest BCUT2D eigenvalue weighted by atomic mass is 9.87. The number of methoxy groups -OCH3 is 1. The van der Waals surface area contributed by atoms with Gasteiger partial charge in [0.2, 0.25) is 0 Å². The van der Waals surface area contributed by atoms with E-state index in [1.54, 1.807) is 7.11 Å². The molecule has 3 aromatic carbocycles. The number of benzene rings is 3. The highest BCUT2D eigenvalue weighted by molar-refractivity contribution is 5.91. The summed E-state index contributed by atoms with van der Waals surface area (Å²) in [7, 11) is 1.70. The maximum absolute atomic E-state index is 12.0. The molecule has 0 spiro atoms. The molecule has 6 nitrogen and oxygen atoms in total. The van der Waals surface area contributed by atoms with Crippen LogP contribution in [0.2, 0.25) is 0 Å². The lowest BCUT2D eigenvalue weighted by Gasteiger charge is -2.18. The summed E-state index contributed by atoms with van der Waals surface area (Å²) in [6.45, 7) is 11.5.